The molecule has 1 aromatic rings. The number of amides is 2. The summed E-state index contributed by atoms with van der Waals surface area (Å²) in [5.41, 5.74) is 0.903. The first-order valence-corrected chi connectivity index (χ1v) is 16.1. The van der Waals surface area contributed by atoms with E-state index in [1.54, 1.807) is 37.2 Å². The van der Waals surface area contributed by atoms with E-state index in [9.17, 15) is 14.7 Å². The number of aliphatic hydroxyl groups excluding tert-OH is 1. The molecular weight excluding hydrogens is 481 g/mol. The Bertz CT molecular complexity index is 952. The van der Waals surface area contributed by atoms with Crippen molar-refractivity contribution >= 4 is 25.9 Å². The van der Waals surface area contributed by atoms with Crippen molar-refractivity contribution in [1.29, 1.82) is 0 Å². The van der Waals surface area contributed by atoms with Crippen molar-refractivity contribution < 1.29 is 28.3 Å². The number of methoxy groups -OCH3 is 1. The molecule has 6 atom stereocenters. The van der Waals surface area contributed by atoms with E-state index in [-0.39, 0.29) is 48.9 Å². The number of rotatable bonds is 8. The molecule has 0 aliphatic carbocycles. The number of nitrogens with one attached hydrogen (secondary N) is 2. The molecule has 1 unspecified atom stereocenters. The van der Waals surface area contributed by atoms with Gasteiger partial charge in [0.05, 0.1) is 24.8 Å². The normalized spacial score (nSPS) is 28.9. The number of aliphatic hydroxyl groups is 1. The van der Waals surface area contributed by atoms with E-state index in [0.29, 0.717) is 18.0 Å². The topological polar surface area (TPSA) is 100 Å². The van der Waals surface area contributed by atoms with Gasteiger partial charge in [0.1, 0.15) is 11.9 Å². The molecule has 8 nitrogen and oxygen atoms in total. The minimum Gasteiger partial charge on any atom is -0.490 e. The second-order valence-electron chi connectivity index (χ2n) is 10.9. The van der Waals surface area contributed by atoms with Crippen LogP contribution in [-0.2, 0) is 14.3 Å². The van der Waals surface area contributed by atoms with E-state index in [0.717, 1.165) is 37.8 Å². The number of hydrogen-bond acceptors (Lipinski definition) is 6. The van der Waals surface area contributed by atoms with Crippen LogP contribution in [0.25, 0.3) is 0 Å². The quantitative estimate of drug-likeness (QED) is 0.358. The Labute approximate surface area is 214 Å². The van der Waals surface area contributed by atoms with Gasteiger partial charge in [0.15, 0.2) is 0 Å². The highest BCUT2D eigenvalue weighted by molar-refractivity contribution is 6.72. The first-order valence-electron chi connectivity index (χ1n) is 13.1. The van der Waals surface area contributed by atoms with Gasteiger partial charge in [0, 0.05) is 42.8 Å². The van der Waals surface area contributed by atoms with Gasteiger partial charge in [-0.05, 0) is 63.5 Å². The van der Waals surface area contributed by atoms with Crippen molar-refractivity contribution in [3.8, 4) is 5.75 Å². The predicted molar refractivity (Wildman–Crippen MR) is 138 cm³/mol. The second-order valence-corrected chi connectivity index (χ2v) is 14.8. The highest BCUT2D eigenvalue weighted by Crippen LogP contribution is 2.48. The Morgan fingerprint density at radius 2 is 2.11 bits per heavy atom. The monoisotopic (exact) mass is 521 g/mol. The molecule has 36 heavy (non-hydrogen) atoms. The number of fused-ring (bicyclic) bond motifs is 1. The molecule has 4 rings (SSSR count). The summed E-state index contributed by atoms with van der Waals surface area (Å²) in [5.74, 6) is 0.199. The van der Waals surface area contributed by atoms with E-state index in [2.05, 4.69) is 10.6 Å². The SMILES string of the molecule is CO[C@@H]1c2cc(NC(=O)[C@H]3CCCN3)ccc2O[C@H](C(CC(=O)N2CCC[C@H]2CO)[Si](C)(C)F)[C@H]1C. The number of carbonyl (C=O) groups is 2. The molecule has 2 fully saturated rings. The number of nitrogens with zero attached hydrogens (tertiary/aromatic N) is 1. The zero-order valence-electron chi connectivity index (χ0n) is 21.8. The number of anilines is 1. The maximum atomic E-state index is 15.7. The van der Waals surface area contributed by atoms with E-state index in [4.69, 9.17) is 9.47 Å². The number of benzene rings is 1. The third-order valence-electron chi connectivity index (χ3n) is 8.05. The molecule has 200 valence electrons. The molecule has 10 heteroatoms. The fourth-order valence-electron chi connectivity index (χ4n) is 6.00. The van der Waals surface area contributed by atoms with Crippen LogP contribution in [0.15, 0.2) is 18.2 Å². The van der Waals surface area contributed by atoms with E-state index in [1.807, 2.05) is 13.0 Å². The van der Waals surface area contributed by atoms with Crippen molar-refractivity contribution in [1.82, 2.24) is 10.2 Å². The van der Waals surface area contributed by atoms with Crippen LogP contribution in [0.2, 0.25) is 18.6 Å². The van der Waals surface area contributed by atoms with Crippen LogP contribution in [0, 0.1) is 5.92 Å². The van der Waals surface area contributed by atoms with Crippen LogP contribution >= 0.6 is 0 Å². The number of hydrogen-bond donors (Lipinski definition) is 3. The molecule has 3 heterocycles. The Morgan fingerprint density at radius 3 is 2.75 bits per heavy atom. The average Bonchev–Trinajstić information content (AvgIpc) is 3.54. The molecule has 0 aromatic heterocycles. The molecule has 0 bridgehead atoms. The van der Waals surface area contributed by atoms with E-state index < -0.39 is 20.1 Å². The lowest BCUT2D eigenvalue weighted by atomic mass is 9.86. The van der Waals surface area contributed by atoms with Crippen molar-refractivity contribution in [2.75, 3.05) is 32.1 Å². The lowest BCUT2D eigenvalue weighted by Crippen LogP contribution is -2.48. The van der Waals surface area contributed by atoms with Gasteiger partial charge in [0.25, 0.3) is 0 Å². The summed E-state index contributed by atoms with van der Waals surface area (Å²) in [5, 5.41) is 15.8. The van der Waals surface area contributed by atoms with Gasteiger partial charge in [-0.2, -0.15) is 0 Å². The van der Waals surface area contributed by atoms with Gasteiger partial charge < -0.3 is 34.2 Å². The number of halogens is 1. The molecule has 3 N–H and O–H groups in total. The zero-order chi connectivity index (χ0) is 26.0. The summed E-state index contributed by atoms with van der Waals surface area (Å²) >= 11 is 0. The Morgan fingerprint density at radius 1 is 1.33 bits per heavy atom. The summed E-state index contributed by atoms with van der Waals surface area (Å²) in [6.45, 7) is 6.60. The van der Waals surface area contributed by atoms with Gasteiger partial charge in [-0.25, -0.2) is 0 Å². The first kappa shape index (κ1) is 27.0. The minimum absolute atomic E-state index is 0.0511. The van der Waals surface area contributed by atoms with Crippen LogP contribution in [-0.4, -0.2) is 75.2 Å². The summed E-state index contributed by atoms with van der Waals surface area (Å²) in [7, 11) is -1.71. The smallest absolute Gasteiger partial charge is 0.248 e. The summed E-state index contributed by atoms with van der Waals surface area (Å²) in [4.78, 5) is 27.5. The van der Waals surface area contributed by atoms with Crippen molar-refractivity contribution in [2.24, 2.45) is 5.92 Å². The molecule has 0 saturated carbocycles. The summed E-state index contributed by atoms with van der Waals surface area (Å²) in [6, 6.07) is 5.09. The fraction of sp³-hybridized carbons (Fsp3) is 0.692. The Hall–Kier alpha value is -2.01. The maximum Gasteiger partial charge on any atom is 0.248 e. The van der Waals surface area contributed by atoms with Gasteiger partial charge >= 0.3 is 0 Å². The molecule has 0 radical (unpaired) electrons. The predicted octanol–water partition coefficient (Wildman–Crippen LogP) is 3.38. The van der Waals surface area contributed by atoms with Crippen LogP contribution in [0.4, 0.5) is 9.80 Å². The Kier molecular flexibility index (Phi) is 8.38. The largest absolute Gasteiger partial charge is 0.490 e. The lowest BCUT2D eigenvalue weighted by molar-refractivity contribution is -0.133. The van der Waals surface area contributed by atoms with E-state index in [1.165, 1.54) is 0 Å². The fourth-order valence-corrected chi connectivity index (χ4v) is 7.81. The summed E-state index contributed by atoms with van der Waals surface area (Å²) in [6.07, 6.45) is 2.57. The van der Waals surface area contributed by atoms with Crippen LogP contribution in [0.1, 0.15) is 50.7 Å². The molecule has 3 aliphatic heterocycles. The van der Waals surface area contributed by atoms with Crippen molar-refractivity contribution in [3.05, 3.63) is 23.8 Å². The highest BCUT2D eigenvalue weighted by Gasteiger charge is 2.49. The van der Waals surface area contributed by atoms with Crippen molar-refractivity contribution in [2.45, 2.75) is 82.0 Å². The number of likely N-dealkylation sites (tertiary alicyclic amines) is 1. The van der Waals surface area contributed by atoms with Gasteiger partial charge in [0.2, 0.25) is 20.2 Å². The minimum atomic E-state index is -3.33. The first-order chi connectivity index (χ1) is 17.1. The maximum absolute atomic E-state index is 15.7. The molecule has 0 spiro atoms. The third-order valence-corrected chi connectivity index (χ3v) is 10.4. The van der Waals surface area contributed by atoms with Gasteiger partial charge in [-0.3, -0.25) is 9.59 Å². The van der Waals surface area contributed by atoms with Crippen molar-refractivity contribution in [3.63, 3.8) is 0 Å². The molecule has 2 saturated heterocycles. The lowest BCUT2D eigenvalue weighted by Gasteiger charge is -2.43. The second kappa shape index (κ2) is 11.2. The average molecular weight is 522 g/mol. The number of carbonyl (C=O) groups excluding carboxylic acids is 2. The Balaban J connectivity index is 1.55. The third kappa shape index (κ3) is 5.61. The van der Waals surface area contributed by atoms with Gasteiger partial charge in [-0.1, -0.05) is 6.92 Å². The molecule has 3 aliphatic rings. The number of ether oxygens (including phenoxy) is 2. The van der Waals surface area contributed by atoms with Crippen LogP contribution in [0.3, 0.4) is 0 Å². The molecule has 1 aromatic carbocycles. The van der Waals surface area contributed by atoms with E-state index >= 15 is 4.11 Å². The zero-order valence-corrected chi connectivity index (χ0v) is 22.8. The molecular formula is C26H40FN3O5Si. The van der Waals surface area contributed by atoms with Gasteiger partial charge in [-0.15, -0.1) is 0 Å². The molecule has 2 amide bonds. The van der Waals surface area contributed by atoms with Crippen LogP contribution in [0.5, 0.6) is 5.75 Å². The highest BCUT2D eigenvalue weighted by atomic mass is 28.4. The standard InChI is InChI=1S/C26H40FN3O5Si/c1-16-24(34-2)19-13-17(29-26(33)20-8-5-11-28-20)9-10-21(19)35-25(16)22(36(3,4)27)14-23(32)30-12-6-7-18(30)15-31/h9-10,13,16,18,20,22,24-25,28,31H,5-8,11-12,14-15H2,1-4H3,(H,29,33)/t16-,18-,20+,22?,24-,25-/m0/s1. The summed E-state index contributed by atoms with van der Waals surface area (Å²) < 4.78 is 28.0. The van der Waals surface area contributed by atoms with Crippen LogP contribution < -0.4 is 15.4 Å².